The van der Waals surface area contributed by atoms with Crippen LogP contribution in [0.1, 0.15) is 32.1 Å². The van der Waals surface area contributed by atoms with Gasteiger partial charge in [-0.3, -0.25) is 9.69 Å². The molecule has 2 unspecified atom stereocenters. The summed E-state index contributed by atoms with van der Waals surface area (Å²) in [5, 5.41) is 13.3. The number of carbonyl (C=O) groups excluding carboxylic acids is 1. The highest BCUT2D eigenvalue weighted by atomic mass is 16.3. The lowest BCUT2D eigenvalue weighted by Gasteiger charge is -2.35. The molecule has 1 aliphatic heterocycles. The van der Waals surface area contributed by atoms with Gasteiger partial charge in [0.25, 0.3) is 0 Å². The molecule has 4 N–H and O–H groups in total. The maximum Gasteiger partial charge on any atom is 0.236 e. The predicted octanol–water partition coefficient (Wildman–Crippen LogP) is -0.313. The van der Waals surface area contributed by atoms with Crippen molar-refractivity contribution < 1.29 is 9.90 Å². The van der Waals surface area contributed by atoms with Gasteiger partial charge in [0.1, 0.15) is 6.04 Å². The summed E-state index contributed by atoms with van der Waals surface area (Å²) in [6.45, 7) is 2.83. The predicted molar refractivity (Wildman–Crippen MR) is 70.0 cm³/mol. The molecule has 104 valence electrons. The van der Waals surface area contributed by atoms with E-state index in [1.54, 1.807) is 0 Å². The summed E-state index contributed by atoms with van der Waals surface area (Å²) >= 11 is 0. The second-order valence-electron chi connectivity index (χ2n) is 5.66. The Hall–Kier alpha value is -0.650. The number of amides is 1. The van der Waals surface area contributed by atoms with Crippen molar-refractivity contribution in [3.8, 4) is 0 Å². The van der Waals surface area contributed by atoms with Crippen LogP contribution in [0, 0.1) is 5.92 Å². The first-order chi connectivity index (χ1) is 8.66. The van der Waals surface area contributed by atoms with Gasteiger partial charge in [-0.15, -0.1) is 0 Å². The Balaban J connectivity index is 1.80. The monoisotopic (exact) mass is 255 g/mol. The van der Waals surface area contributed by atoms with E-state index in [1.165, 1.54) is 25.7 Å². The third kappa shape index (κ3) is 3.67. The van der Waals surface area contributed by atoms with Crippen LogP contribution in [-0.4, -0.2) is 54.2 Å². The highest BCUT2D eigenvalue weighted by Gasteiger charge is 2.29. The third-order valence-electron chi connectivity index (χ3n) is 4.21. The van der Waals surface area contributed by atoms with Crippen LogP contribution in [0.5, 0.6) is 0 Å². The van der Waals surface area contributed by atoms with Gasteiger partial charge < -0.3 is 16.2 Å². The van der Waals surface area contributed by atoms with E-state index in [9.17, 15) is 9.90 Å². The molecular weight excluding hydrogens is 230 g/mol. The number of carbonyl (C=O) groups is 1. The summed E-state index contributed by atoms with van der Waals surface area (Å²) in [7, 11) is 0. The van der Waals surface area contributed by atoms with Crippen molar-refractivity contribution in [1.82, 2.24) is 10.2 Å². The fraction of sp³-hybridized carbons (Fsp3) is 0.923. The van der Waals surface area contributed by atoms with Gasteiger partial charge in [-0.2, -0.15) is 0 Å². The van der Waals surface area contributed by atoms with Gasteiger partial charge >= 0.3 is 0 Å². The first-order valence-corrected chi connectivity index (χ1v) is 7.09. The molecule has 1 amide bonds. The molecule has 0 aromatic carbocycles. The minimum atomic E-state index is -0.326. The zero-order valence-corrected chi connectivity index (χ0v) is 11.0. The minimum Gasteiger partial charge on any atom is -0.392 e. The van der Waals surface area contributed by atoms with Crippen LogP contribution in [0.25, 0.3) is 0 Å². The maximum atomic E-state index is 11.3. The number of nitrogens with zero attached hydrogens (tertiary/aromatic N) is 1. The van der Waals surface area contributed by atoms with Crippen molar-refractivity contribution in [2.45, 2.75) is 44.2 Å². The van der Waals surface area contributed by atoms with Crippen LogP contribution in [0.2, 0.25) is 0 Å². The Morgan fingerprint density at radius 2 is 2.17 bits per heavy atom. The second kappa shape index (κ2) is 6.50. The molecule has 5 heteroatoms. The summed E-state index contributed by atoms with van der Waals surface area (Å²) < 4.78 is 0. The number of rotatable bonds is 5. The van der Waals surface area contributed by atoms with Crippen molar-refractivity contribution >= 4 is 5.91 Å². The number of nitrogens with two attached hydrogens (primary N) is 1. The molecule has 1 saturated carbocycles. The Morgan fingerprint density at radius 3 is 2.83 bits per heavy atom. The van der Waals surface area contributed by atoms with Gasteiger partial charge in [-0.25, -0.2) is 0 Å². The first kappa shape index (κ1) is 13.8. The van der Waals surface area contributed by atoms with E-state index < -0.39 is 0 Å². The molecule has 2 atom stereocenters. The van der Waals surface area contributed by atoms with Gasteiger partial charge in [0.15, 0.2) is 0 Å². The van der Waals surface area contributed by atoms with E-state index in [0.29, 0.717) is 19.0 Å². The van der Waals surface area contributed by atoms with Crippen LogP contribution in [0.4, 0.5) is 0 Å². The van der Waals surface area contributed by atoms with Gasteiger partial charge in [0.2, 0.25) is 5.91 Å². The van der Waals surface area contributed by atoms with Crippen molar-refractivity contribution in [1.29, 1.82) is 0 Å². The van der Waals surface area contributed by atoms with E-state index >= 15 is 0 Å². The van der Waals surface area contributed by atoms with Gasteiger partial charge in [0, 0.05) is 26.2 Å². The fourth-order valence-corrected chi connectivity index (χ4v) is 3.22. The van der Waals surface area contributed by atoms with Crippen LogP contribution in [0.3, 0.4) is 0 Å². The van der Waals surface area contributed by atoms with Crippen molar-refractivity contribution in [2.75, 3.05) is 26.2 Å². The number of piperazine rings is 1. The summed E-state index contributed by atoms with van der Waals surface area (Å²) in [5.41, 5.74) is 5.39. The van der Waals surface area contributed by atoms with Crippen molar-refractivity contribution in [3.05, 3.63) is 0 Å². The Morgan fingerprint density at radius 1 is 1.44 bits per heavy atom. The molecule has 0 bridgehead atoms. The van der Waals surface area contributed by atoms with Gasteiger partial charge in [-0.05, 0) is 12.3 Å². The average Bonchev–Trinajstić information content (AvgIpc) is 2.82. The van der Waals surface area contributed by atoms with E-state index in [0.717, 1.165) is 19.5 Å². The molecule has 0 radical (unpaired) electrons. The quantitative estimate of drug-likeness (QED) is 0.629. The van der Waals surface area contributed by atoms with Gasteiger partial charge in [-0.1, -0.05) is 25.7 Å². The van der Waals surface area contributed by atoms with E-state index in [-0.39, 0.29) is 18.1 Å². The highest BCUT2D eigenvalue weighted by molar-refractivity contribution is 5.80. The number of nitrogens with one attached hydrogen (secondary N) is 1. The van der Waals surface area contributed by atoms with Gasteiger partial charge in [0.05, 0.1) is 6.10 Å². The average molecular weight is 255 g/mol. The van der Waals surface area contributed by atoms with Crippen LogP contribution in [-0.2, 0) is 4.79 Å². The Kier molecular flexibility index (Phi) is 4.97. The lowest BCUT2D eigenvalue weighted by atomic mass is 9.99. The fourth-order valence-electron chi connectivity index (χ4n) is 3.22. The number of β-amino-alcohol motifs (C(OH)–C–C–N with tert-alkyl or cyclic N) is 1. The molecule has 5 nitrogen and oxygen atoms in total. The normalized spacial score (nSPS) is 28.4. The number of primary amides is 1. The number of aliphatic hydroxyl groups excluding tert-OH is 1. The SMILES string of the molecule is NC(=O)C1CNCCN1CC(O)CC1CCCC1. The smallest absolute Gasteiger partial charge is 0.236 e. The molecule has 0 aromatic heterocycles. The van der Waals surface area contributed by atoms with E-state index in [1.807, 2.05) is 4.90 Å². The zero-order valence-electron chi connectivity index (χ0n) is 11.0. The molecule has 1 aliphatic carbocycles. The molecule has 1 heterocycles. The highest BCUT2D eigenvalue weighted by Crippen LogP contribution is 2.28. The molecule has 0 spiro atoms. The number of aliphatic hydroxyl groups is 1. The Labute approximate surface area is 109 Å². The summed E-state index contributed by atoms with van der Waals surface area (Å²) in [4.78, 5) is 13.4. The molecule has 0 aromatic rings. The van der Waals surface area contributed by atoms with Crippen molar-refractivity contribution in [2.24, 2.45) is 11.7 Å². The van der Waals surface area contributed by atoms with Crippen LogP contribution < -0.4 is 11.1 Å². The lowest BCUT2D eigenvalue weighted by molar-refractivity contribution is -0.124. The lowest BCUT2D eigenvalue weighted by Crippen LogP contribution is -2.58. The second-order valence-corrected chi connectivity index (χ2v) is 5.66. The number of hydrogen-bond donors (Lipinski definition) is 3. The molecule has 2 fully saturated rings. The van der Waals surface area contributed by atoms with Crippen LogP contribution in [0.15, 0.2) is 0 Å². The molecule has 18 heavy (non-hydrogen) atoms. The maximum absolute atomic E-state index is 11.3. The summed E-state index contributed by atoms with van der Waals surface area (Å²) in [6.07, 6.45) is 5.64. The number of hydrogen-bond acceptors (Lipinski definition) is 4. The van der Waals surface area contributed by atoms with Crippen LogP contribution >= 0.6 is 0 Å². The molecular formula is C13H25N3O2. The standard InChI is InChI=1S/C13H25N3O2/c14-13(18)12-8-15-5-6-16(12)9-11(17)7-10-3-1-2-4-10/h10-12,15,17H,1-9H2,(H2,14,18). The van der Waals surface area contributed by atoms with Crippen molar-refractivity contribution in [3.63, 3.8) is 0 Å². The summed E-state index contributed by atoms with van der Waals surface area (Å²) in [5.74, 6) is 0.380. The summed E-state index contributed by atoms with van der Waals surface area (Å²) in [6, 6.07) is -0.267. The molecule has 2 rings (SSSR count). The molecule has 1 saturated heterocycles. The topological polar surface area (TPSA) is 78.6 Å². The van der Waals surface area contributed by atoms with E-state index in [4.69, 9.17) is 5.73 Å². The Bertz CT molecular complexity index is 279. The largest absolute Gasteiger partial charge is 0.392 e. The third-order valence-corrected chi connectivity index (χ3v) is 4.21. The first-order valence-electron chi connectivity index (χ1n) is 7.09. The van der Waals surface area contributed by atoms with E-state index in [2.05, 4.69) is 5.32 Å². The molecule has 2 aliphatic rings. The minimum absolute atomic E-state index is 0.267. The zero-order chi connectivity index (χ0) is 13.0.